The fraction of sp³-hybridized carbons (Fsp3) is 0.167. The van der Waals surface area contributed by atoms with Crippen molar-refractivity contribution >= 4 is 9.84 Å². The van der Waals surface area contributed by atoms with Crippen molar-refractivity contribution in [1.82, 2.24) is 9.78 Å². The third kappa shape index (κ3) is 4.32. The number of alkyl halides is 6. The van der Waals surface area contributed by atoms with E-state index in [-0.39, 0.29) is 16.9 Å². The Hall–Kier alpha value is -2.89. The van der Waals surface area contributed by atoms with E-state index < -0.39 is 44.2 Å². The molecule has 0 aliphatic heterocycles. The third-order valence-corrected chi connectivity index (χ3v) is 5.20. The summed E-state index contributed by atoms with van der Waals surface area (Å²) in [6.07, 6.45) is -8.76. The Morgan fingerprint density at radius 3 is 1.93 bits per heavy atom. The summed E-state index contributed by atoms with van der Waals surface area (Å²) >= 11 is 0. The lowest BCUT2D eigenvalue weighted by molar-refractivity contribution is -0.141. The molecule has 160 valence electrons. The lowest BCUT2D eigenvalue weighted by atomic mass is 10.1. The van der Waals surface area contributed by atoms with Gasteiger partial charge >= 0.3 is 12.4 Å². The van der Waals surface area contributed by atoms with Crippen LogP contribution >= 0.6 is 0 Å². The van der Waals surface area contributed by atoms with Gasteiger partial charge in [0.25, 0.3) is 0 Å². The minimum atomic E-state index is -4.88. The Kier molecular flexibility index (Phi) is 5.17. The van der Waals surface area contributed by atoms with Crippen molar-refractivity contribution in [2.45, 2.75) is 17.2 Å². The molecule has 0 atom stereocenters. The van der Waals surface area contributed by atoms with Crippen molar-refractivity contribution < 1.29 is 39.2 Å². The zero-order valence-corrected chi connectivity index (χ0v) is 15.7. The van der Waals surface area contributed by atoms with Gasteiger partial charge in [0, 0.05) is 11.8 Å². The number of nitrogens with zero attached hydrogens (tertiary/aromatic N) is 2. The molecule has 1 aromatic heterocycles. The number of rotatable bonds is 3. The van der Waals surface area contributed by atoms with Gasteiger partial charge in [0.15, 0.2) is 15.5 Å². The predicted molar refractivity (Wildman–Crippen MR) is 92.1 cm³/mol. The van der Waals surface area contributed by atoms with Gasteiger partial charge in [0.05, 0.1) is 16.9 Å². The maximum atomic E-state index is 14.2. The Morgan fingerprint density at radius 1 is 0.867 bits per heavy atom. The molecule has 4 nitrogen and oxygen atoms in total. The van der Waals surface area contributed by atoms with Gasteiger partial charge in [-0.15, -0.1) is 0 Å². The first kappa shape index (κ1) is 21.8. The molecule has 0 aliphatic rings. The Morgan fingerprint density at radius 2 is 1.47 bits per heavy atom. The van der Waals surface area contributed by atoms with Crippen LogP contribution in [0.3, 0.4) is 0 Å². The van der Waals surface area contributed by atoms with Gasteiger partial charge in [0.2, 0.25) is 0 Å². The van der Waals surface area contributed by atoms with Crippen LogP contribution in [0.1, 0.15) is 11.3 Å². The van der Waals surface area contributed by atoms with Crippen molar-refractivity contribution in [3.8, 4) is 16.9 Å². The van der Waals surface area contributed by atoms with Crippen LogP contribution in [-0.4, -0.2) is 24.5 Å². The summed E-state index contributed by atoms with van der Waals surface area (Å²) in [5.74, 6) is -1.19. The topological polar surface area (TPSA) is 52.0 Å². The Bertz CT molecular complexity index is 1190. The van der Waals surface area contributed by atoms with E-state index in [1.807, 2.05) is 0 Å². The van der Waals surface area contributed by atoms with Crippen LogP contribution in [0, 0.1) is 5.82 Å². The summed E-state index contributed by atoms with van der Waals surface area (Å²) in [4.78, 5) is -0.650. The fourth-order valence-electron chi connectivity index (χ4n) is 2.67. The smallest absolute Gasteiger partial charge is 0.233 e. The third-order valence-electron chi connectivity index (χ3n) is 4.07. The van der Waals surface area contributed by atoms with Crippen LogP contribution in [0.2, 0.25) is 0 Å². The summed E-state index contributed by atoms with van der Waals surface area (Å²) in [5, 5.41) is 3.39. The lowest BCUT2D eigenvalue weighted by Gasteiger charge is -2.11. The molecule has 0 radical (unpaired) electrons. The first-order valence-electron chi connectivity index (χ1n) is 8.03. The SMILES string of the molecule is CS(=O)(=O)c1ccc(-c2cc(C(F)(F)F)nn2-c2ccc(C(F)(F)F)cc2)cc1F. The van der Waals surface area contributed by atoms with E-state index in [4.69, 9.17) is 0 Å². The Labute approximate surface area is 165 Å². The average Bonchev–Trinajstić information content (AvgIpc) is 3.05. The zero-order valence-electron chi connectivity index (χ0n) is 14.9. The number of sulfone groups is 1. The van der Waals surface area contributed by atoms with E-state index in [0.29, 0.717) is 28.9 Å². The molecule has 3 rings (SSSR count). The highest BCUT2D eigenvalue weighted by Crippen LogP contribution is 2.35. The molecular weight excluding hydrogens is 441 g/mol. The molecule has 1 heterocycles. The molecule has 0 spiro atoms. The molecule has 30 heavy (non-hydrogen) atoms. The first-order valence-corrected chi connectivity index (χ1v) is 9.92. The van der Waals surface area contributed by atoms with Crippen LogP contribution in [-0.2, 0) is 22.2 Å². The van der Waals surface area contributed by atoms with E-state index in [1.54, 1.807) is 0 Å². The predicted octanol–water partition coefficient (Wildman–Crippen LogP) is 5.12. The molecule has 0 bridgehead atoms. The normalized spacial score (nSPS) is 12.9. The molecule has 0 amide bonds. The maximum Gasteiger partial charge on any atom is 0.435 e. The minimum absolute atomic E-state index is 0.138. The summed E-state index contributed by atoms with van der Waals surface area (Å²) in [7, 11) is -3.92. The standard InChI is InChI=1S/C18H11F7N2O2S/c1-30(28,29)15-7-2-10(8-13(15)19)14-9-16(18(23,24)25)26-27(14)12-5-3-11(4-6-12)17(20,21)22/h2-9H,1H3. The number of benzene rings is 2. The quantitative estimate of drug-likeness (QED) is 0.519. The lowest BCUT2D eigenvalue weighted by Crippen LogP contribution is -2.08. The van der Waals surface area contributed by atoms with Crippen LogP contribution in [0.4, 0.5) is 30.7 Å². The summed E-state index contributed by atoms with van der Waals surface area (Å²) in [6.45, 7) is 0. The van der Waals surface area contributed by atoms with Crippen molar-refractivity contribution in [1.29, 1.82) is 0 Å². The van der Waals surface area contributed by atoms with Crippen LogP contribution in [0.15, 0.2) is 53.4 Å². The number of halogens is 7. The largest absolute Gasteiger partial charge is 0.435 e. The molecule has 0 unspecified atom stereocenters. The monoisotopic (exact) mass is 452 g/mol. The average molecular weight is 452 g/mol. The number of aromatic nitrogens is 2. The van der Waals surface area contributed by atoms with E-state index in [2.05, 4.69) is 5.10 Å². The molecule has 0 N–H and O–H groups in total. The van der Waals surface area contributed by atoms with Gasteiger partial charge in [-0.2, -0.15) is 31.4 Å². The van der Waals surface area contributed by atoms with E-state index in [0.717, 1.165) is 30.5 Å². The molecular formula is C18H11F7N2O2S. The fourth-order valence-corrected chi connectivity index (χ4v) is 3.40. The van der Waals surface area contributed by atoms with Crippen molar-refractivity contribution in [2.75, 3.05) is 6.26 Å². The first-order chi connectivity index (χ1) is 13.7. The highest BCUT2D eigenvalue weighted by Gasteiger charge is 2.36. The maximum absolute atomic E-state index is 14.2. The van der Waals surface area contributed by atoms with Gasteiger partial charge < -0.3 is 0 Å². The van der Waals surface area contributed by atoms with Crippen LogP contribution < -0.4 is 0 Å². The van der Waals surface area contributed by atoms with Crippen LogP contribution in [0.5, 0.6) is 0 Å². The van der Waals surface area contributed by atoms with Crippen LogP contribution in [0.25, 0.3) is 16.9 Å². The summed E-state index contributed by atoms with van der Waals surface area (Å²) in [5.41, 5.74) is -2.95. The van der Waals surface area contributed by atoms with Gasteiger partial charge in [-0.3, -0.25) is 0 Å². The second-order valence-electron chi connectivity index (χ2n) is 6.29. The second-order valence-corrected chi connectivity index (χ2v) is 8.27. The van der Waals surface area contributed by atoms with E-state index in [9.17, 15) is 39.2 Å². The van der Waals surface area contributed by atoms with Crippen molar-refractivity contribution in [3.63, 3.8) is 0 Å². The van der Waals surface area contributed by atoms with E-state index in [1.165, 1.54) is 0 Å². The number of hydrogen-bond acceptors (Lipinski definition) is 3. The zero-order chi connectivity index (χ0) is 22.5. The minimum Gasteiger partial charge on any atom is -0.233 e. The molecule has 0 saturated carbocycles. The number of hydrogen-bond donors (Lipinski definition) is 0. The Balaban J connectivity index is 2.18. The van der Waals surface area contributed by atoms with Gasteiger partial charge in [-0.05, 0) is 42.5 Å². The van der Waals surface area contributed by atoms with E-state index >= 15 is 0 Å². The summed E-state index contributed by atoms with van der Waals surface area (Å²) < 4.78 is 116. The van der Waals surface area contributed by atoms with Gasteiger partial charge in [-0.1, -0.05) is 6.07 Å². The van der Waals surface area contributed by atoms with Crippen molar-refractivity contribution in [2.24, 2.45) is 0 Å². The highest BCUT2D eigenvalue weighted by atomic mass is 32.2. The molecule has 2 aromatic carbocycles. The molecule has 0 saturated heterocycles. The second kappa shape index (κ2) is 7.11. The van der Waals surface area contributed by atoms with Gasteiger partial charge in [0.1, 0.15) is 10.7 Å². The molecule has 0 aliphatic carbocycles. The molecule has 0 fully saturated rings. The summed E-state index contributed by atoms with van der Waals surface area (Å²) in [6, 6.07) is 6.44. The van der Waals surface area contributed by atoms with Crippen molar-refractivity contribution in [3.05, 3.63) is 65.6 Å². The highest BCUT2D eigenvalue weighted by molar-refractivity contribution is 7.90. The van der Waals surface area contributed by atoms with Gasteiger partial charge in [-0.25, -0.2) is 17.5 Å². The molecule has 12 heteroatoms. The molecule has 3 aromatic rings.